The second kappa shape index (κ2) is 5.62. The molecule has 1 aliphatic heterocycles. The van der Waals surface area contributed by atoms with Crippen LogP contribution in [0.5, 0.6) is 0 Å². The number of nitrogens with zero attached hydrogens (tertiary/aromatic N) is 1. The van der Waals surface area contributed by atoms with Crippen molar-refractivity contribution in [1.29, 1.82) is 0 Å². The molecule has 2 aliphatic rings. The van der Waals surface area contributed by atoms with E-state index in [-0.39, 0.29) is 29.9 Å². The van der Waals surface area contributed by atoms with Crippen LogP contribution in [0, 0.1) is 0 Å². The lowest BCUT2D eigenvalue weighted by Gasteiger charge is -2.23. The van der Waals surface area contributed by atoms with Crippen molar-refractivity contribution in [1.82, 2.24) is 4.90 Å². The molecule has 6 heteroatoms. The Bertz CT molecular complexity index is 912. The summed E-state index contributed by atoms with van der Waals surface area (Å²) in [6.45, 7) is 0. The number of sulfone groups is 1. The Morgan fingerprint density at radius 1 is 1.29 bits per heavy atom. The molecule has 0 radical (unpaired) electrons. The van der Waals surface area contributed by atoms with E-state index in [9.17, 15) is 13.2 Å². The number of hydrogen-bond acceptors (Lipinski definition) is 4. The highest BCUT2D eigenvalue weighted by Crippen LogP contribution is 2.31. The molecule has 128 valence electrons. The largest absolute Gasteiger partial charge is 0.464 e. The van der Waals surface area contributed by atoms with Crippen LogP contribution in [0.1, 0.15) is 29.5 Å². The SMILES string of the molecule is CN(C(=O)Cc1coc2cc3c(cc12)CCC3)[C@H]1CCS(=O)(=O)C1. The van der Waals surface area contributed by atoms with Gasteiger partial charge in [0.1, 0.15) is 5.58 Å². The number of amides is 1. The maximum absolute atomic E-state index is 12.6. The zero-order valence-corrected chi connectivity index (χ0v) is 14.6. The summed E-state index contributed by atoms with van der Waals surface area (Å²) < 4.78 is 28.9. The standard InChI is InChI=1S/C18H21NO4S/c1-19(15-5-6-24(21,22)11-15)18(20)9-14-10-23-17-8-13-4-2-3-12(13)7-16(14)17/h7-8,10,15H,2-6,9,11H2,1H3/t15-/m0/s1. The highest BCUT2D eigenvalue weighted by Gasteiger charge is 2.32. The van der Waals surface area contributed by atoms with E-state index >= 15 is 0 Å². The van der Waals surface area contributed by atoms with Crippen molar-refractivity contribution < 1.29 is 17.6 Å². The number of aryl methyl sites for hydroxylation is 2. The smallest absolute Gasteiger partial charge is 0.227 e. The third kappa shape index (κ3) is 2.73. The second-order valence-electron chi connectivity index (χ2n) is 6.97. The first-order valence-electron chi connectivity index (χ1n) is 8.41. The molecule has 2 aromatic rings. The molecule has 0 unspecified atom stereocenters. The predicted molar refractivity (Wildman–Crippen MR) is 91.8 cm³/mol. The quantitative estimate of drug-likeness (QED) is 0.853. The molecule has 1 aromatic carbocycles. The first kappa shape index (κ1) is 15.7. The highest BCUT2D eigenvalue weighted by molar-refractivity contribution is 7.91. The van der Waals surface area contributed by atoms with E-state index in [1.807, 2.05) is 0 Å². The minimum absolute atomic E-state index is 0.0553. The fraction of sp³-hybridized carbons (Fsp3) is 0.500. The van der Waals surface area contributed by atoms with E-state index in [1.165, 1.54) is 17.5 Å². The number of benzene rings is 1. The summed E-state index contributed by atoms with van der Waals surface area (Å²) in [6.07, 6.45) is 5.80. The molecule has 1 saturated heterocycles. The Morgan fingerprint density at radius 3 is 2.75 bits per heavy atom. The van der Waals surface area contributed by atoms with Crippen molar-refractivity contribution in [3.8, 4) is 0 Å². The van der Waals surface area contributed by atoms with Crippen molar-refractivity contribution in [3.63, 3.8) is 0 Å². The van der Waals surface area contributed by atoms with Gasteiger partial charge in [-0.05, 0) is 48.9 Å². The molecule has 0 spiro atoms. The summed E-state index contributed by atoms with van der Waals surface area (Å²) in [7, 11) is -1.29. The van der Waals surface area contributed by atoms with E-state index in [4.69, 9.17) is 4.42 Å². The summed E-state index contributed by atoms with van der Waals surface area (Å²) in [5, 5.41) is 1.01. The molecule has 1 fully saturated rings. The maximum Gasteiger partial charge on any atom is 0.227 e. The lowest BCUT2D eigenvalue weighted by molar-refractivity contribution is -0.130. The van der Waals surface area contributed by atoms with Gasteiger partial charge in [0.25, 0.3) is 0 Å². The topological polar surface area (TPSA) is 67.6 Å². The lowest BCUT2D eigenvalue weighted by atomic mass is 10.0. The van der Waals surface area contributed by atoms with Gasteiger partial charge in [0.05, 0.1) is 24.2 Å². The molecule has 0 saturated carbocycles. The number of furan rings is 1. The van der Waals surface area contributed by atoms with Gasteiger partial charge in [0.2, 0.25) is 5.91 Å². The summed E-state index contributed by atoms with van der Waals surface area (Å²) in [5.74, 6) is 0.200. The fourth-order valence-corrected chi connectivity index (χ4v) is 5.63. The van der Waals surface area contributed by atoms with Crippen molar-refractivity contribution in [2.24, 2.45) is 0 Å². The van der Waals surface area contributed by atoms with Gasteiger partial charge < -0.3 is 9.32 Å². The molecular formula is C18H21NO4S. The van der Waals surface area contributed by atoms with Gasteiger partial charge >= 0.3 is 0 Å². The molecule has 1 aromatic heterocycles. The van der Waals surface area contributed by atoms with Crippen LogP contribution in [0.25, 0.3) is 11.0 Å². The predicted octanol–water partition coefficient (Wildman–Crippen LogP) is 2.11. The molecule has 4 rings (SSSR count). The molecule has 24 heavy (non-hydrogen) atoms. The number of likely N-dealkylation sites (N-methyl/N-ethyl adjacent to an activating group) is 1. The Balaban J connectivity index is 1.55. The maximum atomic E-state index is 12.6. The minimum atomic E-state index is -2.99. The third-order valence-corrected chi connectivity index (χ3v) is 7.11. The van der Waals surface area contributed by atoms with Crippen molar-refractivity contribution in [3.05, 3.63) is 35.1 Å². The van der Waals surface area contributed by atoms with Crippen LogP contribution in [0.4, 0.5) is 0 Å². The molecule has 2 heterocycles. The van der Waals surface area contributed by atoms with Gasteiger partial charge in [0, 0.05) is 24.0 Å². The molecule has 0 N–H and O–H groups in total. The molecule has 0 bridgehead atoms. The number of rotatable bonds is 3. The molecule has 1 atom stereocenters. The lowest BCUT2D eigenvalue weighted by Crippen LogP contribution is -2.38. The Kier molecular flexibility index (Phi) is 3.67. The van der Waals surface area contributed by atoms with Gasteiger partial charge in [0.15, 0.2) is 9.84 Å². The monoisotopic (exact) mass is 347 g/mol. The summed E-state index contributed by atoms with van der Waals surface area (Å²) in [4.78, 5) is 14.2. The number of fused-ring (bicyclic) bond motifs is 2. The zero-order valence-electron chi connectivity index (χ0n) is 13.7. The van der Waals surface area contributed by atoms with Crippen molar-refractivity contribution >= 4 is 26.7 Å². The summed E-state index contributed by atoms with van der Waals surface area (Å²) >= 11 is 0. The van der Waals surface area contributed by atoms with Crippen LogP contribution in [0.3, 0.4) is 0 Å². The van der Waals surface area contributed by atoms with E-state index < -0.39 is 9.84 Å². The number of carbonyl (C=O) groups is 1. The highest BCUT2D eigenvalue weighted by atomic mass is 32.2. The molecular weight excluding hydrogens is 326 g/mol. The first-order valence-corrected chi connectivity index (χ1v) is 10.2. The second-order valence-corrected chi connectivity index (χ2v) is 9.20. The van der Waals surface area contributed by atoms with Gasteiger partial charge in [-0.1, -0.05) is 0 Å². The van der Waals surface area contributed by atoms with E-state index in [2.05, 4.69) is 12.1 Å². The van der Waals surface area contributed by atoms with Crippen LogP contribution in [0.2, 0.25) is 0 Å². The zero-order chi connectivity index (χ0) is 16.9. The number of carbonyl (C=O) groups excluding carboxylic acids is 1. The fourth-order valence-electron chi connectivity index (χ4n) is 3.86. The van der Waals surface area contributed by atoms with Gasteiger partial charge in [-0.25, -0.2) is 8.42 Å². The average molecular weight is 347 g/mol. The summed E-state index contributed by atoms with van der Waals surface area (Å²) in [6, 6.07) is 4.05. The van der Waals surface area contributed by atoms with Crippen molar-refractivity contribution in [2.75, 3.05) is 18.6 Å². The minimum Gasteiger partial charge on any atom is -0.464 e. The Hall–Kier alpha value is -1.82. The van der Waals surface area contributed by atoms with Crippen LogP contribution in [-0.2, 0) is 33.9 Å². The Morgan fingerprint density at radius 2 is 2.04 bits per heavy atom. The molecule has 5 nitrogen and oxygen atoms in total. The van der Waals surface area contributed by atoms with Gasteiger partial charge in [-0.15, -0.1) is 0 Å². The number of hydrogen-bond donors (Lipinski definition) is 0. The molecule has 1 amide bonds. The van der Waals surface area contributed by atoms with Gasteiger partial charge in [-0.3, -0.25) is 4.79 Å². The van der Waals surface area contributed by atoms with Crippen LogP contribution < -0.4 is 0 Å². The van der Waals surface area contributed by atoms with E-state index in [1.54, 1.807) is 18.2 Å². The third-order valence-electron chi connectivity index (χ3n) is 5.36. The summed E-state index contributed by atoms with van der Waals surface area (Å²) in [5.41, 5.74) is 4.43. The van der Waals surface area contributed by atoms with Crippen LogP contribution in [-0.4, -0.2) is 43.8 Å². The van der Waals surface area contributed by atoms with Crippen LogP contribution in [0.15, 0.2) is 22.8 Å². The van der Waals surface area contributed by atoms with Crippen molar-refractivity contribution in [2.45, 2.75) is 38.1 Å². The molecule has 1 aliphatic carbocycles. The average Bonchev–Trinajstić information content (AvgIpc) is 3.23. The van der Waals surface area contributed by atoms with E-state index in [0.717, 1.165) is 29.4 Å². The Labute approximate surface area is 141 Å². The van der Waals surface area contributed by atoms with Gasteiger partial charge in [-0.2, -0.15) is 0 Å². The first-order chi connectivity index (χ1) is 11.4. The normalized spacial score (nSPS) is 22.0. The van der Waals surface area contributed by atoms with E-state index in [0.29, 0.717) is 6.42 Å². The van der Waals surface area contributed by atoms with Crippen LogP contribution >= 0.6 is 0 Å².